The Labute approximate surface area is 570 Å². The lowest BCUT2D eigenvalue weighted by atomic mass is 9.95. The summed E-state index contributed by atoms with van der Waals surface area (Å²) in [5.74, 6) is -0.103. The fourth-order valence-corrected chi connectivity index (χ4v) is 16.0. The summed E-state index contributed by atoms with van der Waals surface area (Å²) in [6.07, 6.45) is -7.02. The zero-order valence-corrected chi connectivity index (χ0v) is 56.7. The van der Waals surface area contributed by atoms with Crippen LogP contribution >= 0.6 is 35.1 Å². The van der Waals surface area contributed by atoms with E-state index >= 15 is 13.3 Å². The molecule has 0 bridgehead atoms. The van der Waals surface area contributed by atoms with E-state index in [0.717, 1.165) is 39.3 Å². The van der Waals surface area contributed by atoms with Gasteiger partial charge in [-0.1, -0.05) is 71.9 Å². The minimum atomic E-state index is -4.51. The molecular weight excluding hydrogens is 1380 g/mol. The second-order valence-electron chi connectivity index (χ2n) is 23.2. The van der Waals surface area contributed by atoms with Crippen LogP contribution in [0.2, 0.25) is 0 Å². The third-order valence-corrected chi connectivity index (χ3v) is 21.2. The van der Waals surface area contributed by atoms with Gasteiger partial charge in [0.25, 0.3) is 0 Å². The van der Waals surface area contributed by atoms with Gasteiger partial charge in [-0.3, -0.25) is 27.8 Å². The number of amides is 2. The zero-order chi connectivity index (χ0) is 68.8. The van der Waals surface area contributed by atoms with Crippen molar-refractivity contribution < 1.29 is 88.2 Å². The smallest absolute Gasteiger partial charge is 0.388 e. The largest absolute Gasteiger partial charge is 0.697 e. The topological polar surface area (TPSA) is 392 Å². The van der Waals surface area contributed by atoms with Crippen LogP contribution < -0.4 is 21.7 Å². The second-order valence-corrected chi connectivity index (χ2v) is 28.6. The Balaban J connectivity index is 0.600. The minimum absolute atomic E-state index is 0.0275. The van der Waals surface area contributed by atoms with E-state index in [-0.39, 0.29) is 90.8 Å². The molecule has 526 valence electrons. The van der Waals surface area contributed by atoms with Gasteiger partial charge in [0.1, 0.15) is 67.0 Å². The van der Waals surface area contributed by atoms with Crippen molar-refractivity contribution in [2.75, 3.05) is 89.0 Å². The monoisotopic (exact) mass is 1450 g/mol. The summed E-state index contributed by atoms with van der Waals surface area (Å²) < 4.78 is 140. The highest BCUT2D eigenvalue weighted by molar-refractivity contribution is 8.54. The number of rotatable bonds is 30. The number of halogens is 2. The van der Waals surface area contributed by atoms with Crippen LogP contribution in [0.15, 0.2) is 98.1 Å². The number of fused-ring (bicyclic) bond motifs is 9. The lowest BCUT2D eigenvalue weighted by molar-refractivity contribution is -0.122. The molecule has 3 aromatic carbocycles. The molecule has 2 amide bonds. The number of aliphatic hydroxyl groups is 1. The van der Waals surface area contributed by atoms with Crippen LogP contribution in [-0.2, 0) is 99.8 Å². The third kappa shape index (κ3) is 17.3. The molecule has 3 unspecified atom stereocenters. The molecule has 3 fully saturated rings. The molecule has 12 atom stereocenters. The van der Waals surface area contributed by atoms with E-state index in [0.29, 0.717) is 88.9 Å². The summed E-state index contributed by atoms with van der Waals surface area (Å²) in [5, 5.41) is 21.8. The highest BCUT2D eigenvalue weighted by Gasteiger charge is 2.56. The van der Waals surface area contributed by atoms with E-state index < -0.39 is 92.3 Å². The van der Waals surface area contributed by atoms with Crippen LogP contribution in [0.1, 0.15) is 61.3 Å². The molecule has 6 N–H and O–H groups in total. The number of nitrogens with two attached hydrogens (primary N) is 2. The number of alkyl halides is 2. The average molecular weight is 1450 g/mol. The molecule has 0 spiro atoms. The van der Waals surface area contributed by atoms with Crippen molar-refractivity contribution in [1.29, 1.82) is 0 Å². The maximum atomic E-state index is 17.0. The van der Waals surface area contributed by atoms with Gasteiger partial charge in [-0.05, 0) is 58.0 Å². The molecule has 38 heteroatoms. The molecule has 32 nitrogen and oxygen atoms in total. The van der Waals surface area contributed by atoms with E-state index in [1.807, 2.05) is 65.3 Å². The third-order valence-electron chi connectivity index (χ3n) is 16.5. The number of carbonyl (C=O) groups excluding carboxylic acids is 2. The SMILES string of the molecule is Nc1ncnc2c1ncn2[C@@H]1O[C@@H]2CO[P@](=O)(SCc3ccc(COCCOCCOCCn4nnc5c4-c4ccccc4CN(C(=O)CCCCC(=O)NCCCOCC(O)CO[PH+]=O)c4ccccc4-5)cc3)O[C@H]3[C@@H](F)[C@H](n4cnc5c(N)ncnc54)O[C@@H]3CO[P+](=O)O[C@H]2[C@H]1F. The molecule has 9 heterocycles. The Hall–Kier alpha value is -7.40. The van der Waals surface area contributed by atoms with E-state index in [1.165, 1.54) is 34.4 Å². The molecule has 4 aliphatic rings. The van der Waals surface area contributed by atoms with Crippen LogP contribution in [0.4, 0.5) is 26.1 Å². The summed E-state index contributed by atoms with van der Waals surface area (Å²) in [6, 6.07) is 22.8. The maximum absolute atomic E-state index is 17.0. The summed E-state index contributed by atoms with van der Waals surface area (Å²) in [4.78, 5) is 53.1. The van der Waals surface area contributed by atoms with Crippen molar-refractivity contribution in [2.45, 2.75) is 113 Å². The number of ether oxygens (including phenoxy) is 6. The number of unbranched alkanes of at least 4 members (excludes halogenated alkanes) is 1. The molecule has 5 aromatic heterocycles. The van der Waals surface area contributed by atoms with Gasteiger partial charge < -0.3 is 55.2 Å². The van der Waals surface area contributed by atoms with Crippen molar-refractivity contribution in [2.24, 2.45) is 0 Å². The standard InChI is InChI=1S/C61H71F2N15O17P3S/c62-48-54-45(93-60(48)76-35-71-51-56(64)67-33-69-58(51)76)31-91-98(84,95-55-44(30-90-97(83)94-54)92-61(49(55)63)77-36-72-52-57(65)68-34-70-59(52)77)99-32-38-16-14-37(15-17-38)27-88-25-24-86-23-22-85-21-19-78-53-41-9-2-1-8-39(41)26-75(43-11-4-3-10-42(43)50(53)73-74-78)47(81)13-6-5-12-46(80)66-18-7-20-87-28-40(79)29-89-96-82/h1-4,8-11,14-17,33-36,40,44-45,48-49,54-55,60-61,79,96H,5-7,12-13,18-32H2,(H4-,64,65,66,67,68,69,70,80)/q+1/p+1/t40?,44-,45-,48-,49-,54-,55-,60-,61-,98+/m1/s1. The van der Waals surface area contributed by atoms with Gasteiger partial charge in [0, 0.05) is 47.4 Å². The lowest BCUT2D eigenvalue weighted by Gasteiger charge is -2.28. The first-order valence-electron chi connectivity index (χ1n) is 31.8. The number of nitrogens with one attached hydrogen (secondary N) is 1. The number of imidazole rings is 2. The first-order valence-corrected chi connectivity index (χ1v) is 36.8. The fraction of sp³-hybridized carbons (Fsp3) is 0.475. The van der Waals surface area contributed by atoms with Crippen molar-refractivity contribution in [3.63, 3.8) is 0 Å². The van der Waals surface area contributed by atoms with Gasteiger partial charge in [0.05, 0.1) is 90.0 Å². The minimum Gasteiger partial charge on any atom is -0.388 e. The number of nitrogens with zero attached hydrogens (tertiary/aromatic N) is 12. The van der Waals surface area contributed by atoms with Crippen molar-refractivity contribution in [1.82, 2.24) is 59.3 Å². The predicted molar refractivity (Wildman–Crippen MR) is 353 cm³/mol. The Morgan fingerprint density at radius 2 is 1.40 bits per heavy atom. The number of benzene rings is 3. The van der Waals surface area contributed by atoms with Gasteiger partial charge in [0.2, 0.25) is 11.8 Å². The number of aromatic nitrogens is 11. The summed E-state index contributed by atoms with van der Waals surface area (Å²) in [6.45, 7) is -2.64. The van der Waals surface area contributed by atoms with Crippen LogP contribution in [0.5, 0.6) is 0 Å². The first-order chi connectivity index (χ1) is 48.2. The van der Waals surface area contributed by atoms with Crippen LogP contribution in [0.25, 0.3) is 44.8 Å². The number of nitrogen functional groups attached to an aromatic ring is 2. The Morgan fingerprint density at radius 3 is 2.13 bits per heavy atom. The summed E-state index contributed by atoms with van der Waals surface area (Å²) >= 11 is 0.748. The molecule has 0 aliphatic carbocycles. The number of aliphatic hydroxyl groups excluding tert-OH is 1. The van der Waals surface area contributed by atoms with E-state index in [9.17, 15) is 23.8 Å². The van der Waals surface area contributed by atoms with Crippen molar-refractivity contribution >= 4 is 86.6 Å². The molecule has 8 aromatic rings. The molecule has 4 aliphatic heterocycles. The molecule has 0 radical (unpaired) electrons. The molecular formula is C61H72F2N15O17P3S+2. The molecule has 12 rings (SSSR count). The molecule has 0 saturated carbocycles. The van der Waals surface area contributed by atoms with Crippen LogP contribution in [0, 0.1) is 0 Å². The van der Waals surface area contributed by atoms with Gasteiger partial charge in [-0.25, -0.2) is 47.9 Å². The van der Waals surface area contributed by atoms with Crippen molar-refractivity contribution in [3.8, 4) is 22.5 Å². The van der Waals surface area contributed by atoms with E-state index in [4.69, 9.17) is 58.0 Å². The highest BCUT2D eigenvalue weighted by Crippen LogP contribution is 2.64. The predicted octanol–water partition coefficient (Wildman–Crippen LogP) is 7.24. The fourth-order valence-electron chi connectivity index (χ4n) is 11.6. The average Bonchev–Trinajstić information content (AvgIpc) is 1.66. The number of hydrogen-bond acceptors (Lipinski definition) is 28. The number of anilines is 3. The number of carbonyl (C=O) groups is 2. The number of para-hydroxylation sites is 1. The normalized spacial score (nSPS) is 23.1. The van der Waals surface area contributed by atoms with E-state index in [2.05, 4.69) is 50.1 Å². The number of hydrogen-bond donors (Lipinski definition) is 4. The van der Waals surface area contributed by atoms with Crippen LogP contribution in [-0.4, -0.2) is 186 Å². The summed E-state index contributed by atoms with van der Waals surface area (Å²) in [7, 11) is -4.06. The maximum Gasteiger partial charge on any atom is 0.697 e. The van der Waals surface area contributed by atoms with Crippen molar-refractivity contribution in [3.05, 3.63) is 115 Å². The zero-order valence-electron chi connectivity index (χ0n) is 53.1. The second kappa shape index (κ2) is 33.8. The molecule has 99 heavy (non-hydrogen) atoms. The quantitative estimate of drug-likeness (QED) is 0.0254. The van der Waals surface area contributed by atoms with Gasteiger partial charge in [0.15, 0.2) is 53.8 Å². The first kappa shape index (κ1) is 71.4. The highest BCUT2D eigenvalue weighted by atomic mass is 32.7. The Kier molecular flexibility index (Phi) is 24.4. The lowest BCUT2D eigenvalue weighted by Crippen LogP contribution is -2.36. The van der Waals surface area contributed by atoms with Crippen LogP contribution in [0.3, 0.4) is 0 Å². The van der Waals surface area contributed by atoms with Gasteiger partial charge in [-0.2, -0.15) is 0 Å². The van der Waals surface area contributed by atoms with E-state index in [1.54, 1.807) is 17.0 Å². The molecule has 3 saturated heterocycles. The Morgan fingerprint density at radius 1 is 0.758 bits per heavy atom. The Bertz CT molecular complexity index is 4150. The van der Waals surface area contributed by atoms with Gasteiger partial charge in [-0.15, -0.1) is 18.7 Å². The van der Waals surface area contributed by atoms with Gasteiger partial charge >= 0.3 is 23.7 Å². The summed E-state index contributed by atoms with van der Waals surface area (Å²) in [5.41, 5.74) is 18.9.